The highest BCUT2D eigenvalue weighted by atomic mass is 16.5. The molecular formula is C30H41NO6. The predicted molar refractivity (Wildman–Crippen MR) is 143 cm³/mol. The van der Waals surface area contributed by atoms with Crippen molar-refractivity contribution in [2.75, 3.05) is 33.0 Å². The molecule has 1 heterocycles. The molecule has 1 saturated heterocycles. The molecule has 0 unspecified atom stereocenters. The Hall–Kier alpha value is -2.93. The molecule has 1 aliphatic heterocycles. The van der Waals surface area contributed by atoms with Crippen LogP contribution in [0.25, 0.3) is 0 Å². The van der Waals surface area contributed by atoms with Crippen molar-refractivity contribution in [2.45, 2.75) is 71.4 Å². The summed E-state index contributed by atoms with van der Waals surface area (Å²) in [6.45, 7) is 9.99. The van der Waals surface area contributed by atoms with Crippen LogP contribution in [0.4, 0.5) is 0 Å². The maximum absolute atomic E-state index is 14.3. The Kier molecular flexibility index (Phi) is 8.85. The number of amides is 1. The molecule has 2 aliphatic rings. The molecule has 1 amide bonds. The summed E-state index contributed by atoms with van der Waals surface area (Å²) in [7, 11) is 0. The molecule has 37 heavy (non-hydrogen) atoms. The third-order valence-corrected chi connectivity index (χ3v) is 7.52. The molecule has 0 radical (unpaired) electrons. The van der Waals surface area contributed by atoms with Gasteiger partial charge in [-0.05, 0) is 65.2 Å². The Balaban J connectivity index is 1.80. The van der Waals surface area contributed by atoms with Crippen LogP contribution in [0, 0.1) is 5.92 Å². The van der Waals surface area contributed by atoms with Crippen LogP contribution in [-0.4, -0.2) is 54.5 Å². The van der Waals surface area contributed by atoms with Crippen LogP contribution < -0.4 is 18.9 Å². The normalized spacial score (nSPS) is 23.2. The van der Waals surface area contributed by atoms with Crippen molar-refractivity contribution >= 4 is 5.91 Å². The summed E-state index contributed by atoms with van der Waals surface area (Å²) in [6, 6.07) is 11.1. The van der Waals surface area contributed by atoms with E-state index in [2.05, 4.69) is 0 Å². The summed E-state index contributed by atoms with van der Waals surface area (Å²) in [5.74, 6) is 2.09. The molecule has 1 saturated carbocycles. The van der Waals surface area contributed by atoms with Gasteiger partial charge in [-0.1, -0.05) is 31.0 Å². The van der Waals surface area contributed by atoms with Crippen molar-refractivity contribution in [3.8, 4) is 23.0 Å². The summed E-state index contributed by atoms with van der Waals surface area (Å²) in [4.78, 5) is 16.2. The number of hydrogen-bond donors (Lipinski definition) is 1. The van der Waals surface area contributed by atoms with Crippen molar-refractivity contribution in [2.24, 2.45) is 5.92 Å². The first-order valence-electron chi connectivity index (χ1n) is 13.8. The lowest BCUT2D eigenvalue weighted by molar-refractivity contribution is -0.115. The van der Waals surface area contributed by atoms with E-state index in [4.69, 9.17) is 18.9 Å². The first-order chi connectivity index (χ1) is 18.0. The van der Waals surface area contributed by atoms with E-state index in [-0.39, 0.29) is 17.9 Å². The van der Waals surface area contributed by atoms with Crippen molar-refractivity contribution in [3.05, 3.63) is 47.5 Å². The van der Waals surface area contributed by atoms with Crippen LogP contribution in [0.5, 0.6) is 23.0 Å². The van der Waals surface area contributed by atoms with Crippen LogP contribution >= 0.6 is 0 Å². The summed E-state index contributed by atoms with van der Waals surface area (Å²) < 4.78 is 23.6. The standard InChI is InChI=1S/C30H41NO6/c1-5-34-24-15-10-9-13-22(24)27-23-14-11-12-16-30(23,33)17-18-31(27)29(32)21-19-25(35-6-2)28(37-8-4)26(20-21)36-7-3/h9-10,13,15,19-20,23,27,33H,5-8,11-12,14,16-18H2,1-4H3/t23-,27+,30-/m1/s1. The molecule has 2 aromatic rings. The van der Waals surface area contributed by atoms with Gasteiger partial charge in [0.25, 0.3) is 5.91 Å². The van der Waals surface area contributed by atoms with Crippen LogP contribution in [0.1, 0.15) is 81.8 Å². The van der Waals surface area contributed by atoms with E-state index in [0.29, 0.717) is 62.2 Å². The van der Waals surface area contributed by atoms with Gasteiger partial charge in [-0.3, -0.25) is 4.79 Å². The minimum atomic E-state index is -0.787. The summed E-state index contributed by atoms with van der Waals surface area (Å²) in [5, 5.41) is 11.7. The zero-order chi connectivity index (χ0) is 26.4. The van der Waals surface area contributed by atoms with E-state index in [1.807, 2.05) is 56.9 Å². The number of fused-ring (bicyclic) bond motifs is 1. The minimum Gasteiger partial charge on any atom is -0.494 e. The SMILES string of the molecule is CCOc1ccccc1[C@H]1[C@H]2CCCC[C@@]2(O)CCN1C(=O)c1cc(OCC)c(OCC)c(OCC)c1. The lowest BCUT2D eigenvalue weighted by Crippen LogP contribution is -2.56. The Bertz CT molecular complexity index is 1040. The van der Waals surface area contributed by atoms with Crippen LogP contribution in [0.3, 0.4) is 0 Å². The Morgan fingerprint density at radius 3 is 2.16 bits per heavy atom. The average molecular weight is 512 g/mol. The summed E-state index contributed by atoms with van der Waals surface area (Å²) in [5.41, 5.74) is 0.643. The van der Waals surface area contributed by atoms with Crippen molar-refractivity contribution in [1.29, 1.82) is 0 Å². The first-order valence-corrected chi connectivity index (χ1v) is 13.8. The zero-order valence-electron chi connectivity index (χ0n) is 22.6. The van der Waals surface area contributed by atoms with Crippen LogP contribution in [-0.2, 0) is 0 Å². The number of nitrogens with zero attached hydrogens (tertiary/aromatic N) is 1. The van der Waals surface area contributed by atoms with Gasteiger partial charge in [0.15, 0.2) is 11.5 Å². The van der Waals surface area contributed by atoms with Crippen molar-refractivity contribution < 1.29 is 28.8 Å². The highest BCUT2D eigenvalue weighted by Gasteiger charge is 2.51. The summed E-state index contributed by atoms with van der Waals surface area (Å²) >= 11 is 0. The summed E-state index contributed by atoms with van der Waals surface area (Å²) in [6.07, 6.45) is 4.23. The van der Waals surface area contributed by atoms with Gasteiger partial charge in [-0.25, -0.2) is 0 Å². The van der Waals surface area contributed by atoms with Crippen molar-refractivity contribution in [1.82, 2.24) is 4.90 Å². The van der Waals surface area contributed by atoms with E-state index in [9.17, 15) is 9.90 Å². The zero-order valence-corrected chi connectivity index (χ0v) is 22.6. The van der Waals surface area contributed by atoms with E-state index >= 15 is 0 Å². The van der Waals surface area contributed by atoms with E-state index < -0.39 is 5.60 Å². The van der Waals surface area contributed by atoms with Gasteiger partial charge in [0.1, 0.15) is 5.75 Å². The maximum atomic E-state index is 14.3. The molecule has 2 fully saturated rings. The number of piperidine rings is 1. The number of carbonyl (C=O) groups is 1. The lowest BCUT2D eigenvalue weighted by Gasteiger charge is -2.52. The average Bonchev–Trinajstić information content (AvgIpc) is 2.90. The monoisotopic (exact) mass is 511 g/mol. The molecule has 3 atom stereocenters. The number of aliphatic hydroxyl groups is 1. The quantitative estimate of drug-likeness (QED) is 0.435. The highest BCUT2D eigenvalue weighted by molar-refractivity contribution is 5.96. The molecule has 202 valence electrons. The number of rotatable bonds is 10. The van der Waals surface area contributed by atoms with Gasteiger partial charge in [-0.2, -0.15) is 0 Å². The number of hydrogen-bond acceptors (Lipinski definition) is 6. The number of carbonyl (C=O) groups excluding carboxylic acids is 1. The van der Waals surface area contributed by atoms with E-state index in [1.54, 1.807) is 12.1 Å². The molecule has 0 aromatic heterocycles. The second-order valence-electron chi connectivity index (χ2n) is 9.72. The fourth-order valence-electron chi connectivity index (χ4n) is 5.98. The largest absolute Gasteiger partial charge is 0.494 e. The van der Waals surface area contributed by atoms with Gasteiger partial charge >= 0.3 is 0 Å². The highest BCUT2D eigenvalue weighted by Crippen LogP contribution is 2.51. The molecule has 0 bridgehead atoms. The topological polar surface area (TPSA) is 77.5 Å². The molecule has 1 aliphatic carbocycles. The molecular weight excluding hydrogens is 470 g/mol. The van der Waals surface area contributed by atoms with Crippen LogP contribution in [0.2, 0.25) is 0 Å². The van der Waals surface area contributed by atoms with Gasteiger partial charge in [0.2, 0.25) is 5.75 Å². The maximum Gasteiger partial charge on any atom is 0.254 e. The third kappa shape index (κ3) is 5.52. The smallest absolute Gasteiger partial charge is 0.254 e. The Morgan fingerprint density at radius 1 is 0.892 bits per heavy atom. The molecule has 7 nitrogen and oxygen atoms in total. The van der Waals surface area contributed by atoms with E-state index in [0.717, 1.165) is 37.0 Å². The number of benzene rings is 2. The molecule has 1 N–H and O–H groups in total. The fourth-order valence-corrected chi connectivity index (χ4v) is 5.98. The second kappa shape index (κ2) is 12.1. The van der Waals surface area contributed by atoms with Gasteiger partial charge in [0, 0.05) is 23.6 Å². The van der Waals surface area contributed by atoms with Gasteiger partial charge in [0.05, 0.1) is 38.1 Å². The number of likely N-dealkylation sites (tertiary alicyclic amines) is 1. The van der Waals surface area contributed by atoms with E-state index in [1.165, 1.54) is 0 Å². The number of ether oxygens (including phenoxy) is 4. The lowest BCUT2D eigenvalue weighted by atomic mass is 9.66. The molecule has 2 aromatic carbocycles. The second-order valence-corrected chi connectivity index (χ2v) is 9.72. The van der Waals surface area contributed by atoms with Gasteiger partial charge in [-0.15, -0.1) is 0 Å². The Morgan fingerprint density at radius 2 is 1.51 bits per heavy atom. The first kappa shape index (κ1) is 27.1. The van der Waals surface area contributed by atoms with Crippen molar-refractivity contribution in [3.63, 3.8) is 0 Å². The fraction of sp³-hybridized carbons (Fsp3) is 0.567. The Labute approximate surface area is 220 Å². The minimum absolute atomic E-state index is 0.0685. The van der Waals surface area contributed by atoms with Gasteiger partial charge < -0.3 is 29.0 Å². The number of para-hydroxylation sites is 1. The molecule has 7 heteroatoms. The molecule has 4 rings (SSSR count). The third-order valence-electron chi connectivity index (χ3n) is 7.52. The predicted octanol–water partition coefficient (Wildman–Crippen LogP) is 5.79. The van der Waals surface area contributed by atoms with Crippen LogP contribution in [0.15, 0.2) is 36.4 Å². The molecule has 0 spiro atoms.